The Kier molecular flexibility index (Phi) is 6.27. The van der Waals surface area contributed by atoms with E-state index in [1.165, 1.54) is 6.07 Å². The van der Waals surface area contributed by atoms with Crippen LogP contribution >= 0.6 is 0 Å². The minimum absolute atomic E-state index is 0.0938. The number of piperazine rings is 1. The molecule has 33 heavy (non-hydrogen) atoms. The molecule has 2 aromatic carbocycles. The van der Waals surface area contributed by atoms with E-state index in [9.17, 15) is 18.3 Å². The molecule has 0 bridgehead atoms. The maximum atomic E-state index is 12.9. The highest BCUT2D eigenvalue weighted by Crippen LogP contribution is 2.28. The molecule has 2 N–H and O–H groups in total. The largest absolute Gasteiger partial charge is 0.478 e. The predicted molar refractivity (Wildman–Crippen MR) is 130 cm³/mol. The van der Waals surface area contributed by atoms with Crippen molar-refractivity contribution in [2.45, 2.75) is 24.7 Å². The van der Waals surface area contributed by atoms with Crippen LogP contribution in [-0.4, -0.2) is 62.6 Å². The summed E-state index contributed by atoms with van der Waals surface area (Å²) < 4.78 is 28.3. The van der Waals surface area contributed by atoms with Gasteiger partial charge in [-0.15, -0.1) is 0 Å². The smallest absolute Gasteiger partial charge is 0.336 e. The number of aromatic nitrogens is 1. The molecule has 174 valence electrons. The molecule has 2 heterocycles. The van der Waals surface area contributed by atoms with Gasteiger partial charge in [0, 0.05) is 37.3 Å². The van der Waals surface area contributed by atoms with Gasteiger partial charge in [-0.25, -0.2) is 18.2 Å². The second-order valence-electron chi connectivity index (χ2n) is 8.68. The SMILES string of the molecule is CC(C)c1ccc(S(=O)(=O)Nc2ccc3nc(N4CCN(C)CC4)cc(C(=O)O)c3c2)cc1. The number of carboxylic acid groups (broad SMARTS) is 1. The van der Waals surface area contributed by atoms with Gasteiger partial charge in [-0.05, 0) is 54.9 Å². The molecule has 1 aliphatic rings. The first-order chi connectivity index (χ1) is 15.6. The molecule has 4 rings (SSSR count). The second kappa shape index (κ2) is 8.99. The maximum absolute atomic E-state index is 12.9. The number of nitrogens with zero attached hydrogens (tertiary/aromatic N) is 3. The highest BCUT2D eigenvalue weighted by molar-refractivity contribution is 7.92. The van der Waals surface area contributed by atoms with Crippen molar-refractivity contribution in [3.8, 4) is 0 Å². The maximum Gasteiger partial charge on any atom is 0.336 e. The Balaban J connectivity index is 1.66. The van der Waals surface area contributed by atoms with E-state index in [1.54, 1.807) is 42.5 Å². The average molecular weight is 469 g/mol. The number of nitrogens with one attached hydrogen (secondary N) is 1. The van der Waals surface area contributed by atoms with Gasteiger partial charge in [0.05, 0.1) is 16.0 Å². The molecule has 0 saturated carbocycles. The van der Waals surface area contributed by atoms with E-state index in [0.717, 1.165) is 31.7 Å². The molecular weight excluding hydrogens is 440 g/mol. The van der Waals surface area contributed by atoms with Crippen LogP contribution in [0.5, 0.6) is 0 Å². The fraction of sp³-hybridized carbons (Fsp3) is 0.333. The normalized spacial score (nSPS) is 15.2. The van der Waals surface area contributed by atoms with E-state index in [2.05, 4.69) is 26.6 Å². The zero-order valence-electron chi connectivity index (χ0n) is 18.9. The van der Waals surface area contributed by atoms with Crippen LogP contribution in [0.3, 0.4) is 0 Å². The summed E-state index contributed by atoms with van der Waals surface area (Å²) in [4.78, 5) is 21.1. The molecular formula is C24H28N4O4S. The van der Waals surface area contributed by atoms with Crippen molar-refractivity contribution in [3.63, 3.8) is 0 Å². The molecule has 0 atom stereocenters. The molecule has 0 amide bonds. The average Bonchev–Trinajstić information content (AvgIpc) is 2.78. The number of sulfonamides is 1. The van der Waals surface area contributed by atoms with E-state index in [1.807, 2.05) is 13.8 Å². The van der Waals surface area contributed by atoms with Gasteiger partial charge in [0.2, 0.25) is 0 Å². The summed E-state index contributed by atoms with van der Waals surface area (Å²) in [5.41, 5.74) is 1.93. The molecule has 0 radical (unpaired) electrons. The fourth-order valence-electron chi connectivity index (χ4n) is 3.90. The number of hydrogen-bond acceptors (Lipinski definition) is 6. The van der Waals surface area contributed by atoms with E-state index in [4.69, 9.17) is 0 Å². The summed E-state index contributed by atoms with van der Waals surface area (Å²) in [6.45, 7) is 7.37. The minimum atomic E-state index is -3.82. The third-order valence-corrected chi connectivity index (χ3v) is 7.36. The molecule has 9 heteroatoms. The lowest BCUT2D eigenvalue weighted by Gasteiger charge is -2.33. The van der Waals surface area contributed by atoms with Crippen molar-refractivity contribution in [3.05, 3.63) is 59.7 Å². The van der Waals surface area contributed by atoms with Crippen molar-refractivity contribution in [2.75, 3.05) is 42.8 Å². The van der Waals surface area contributed by atoms with Crippen molar-refractivity contribution >= 4 is 38.4 Å². The first-order valence-electron chi connectivity index (χ1n) is 10.9. The van der Waals surface area contributed by atoms with Crippen molar-refractivity contribution in [1.29, 1.82) is 0 Å². The van der Waals surface area contributed by atoms with E-state index in [0.29, 0.717) is 22.6 Å². The number of anilines is 2. The van der Waals surface area contributed by atoms with Crippen LogP contribution in [0, 0.1) is 0 Å². The molecule has 8 nitrogen and oxygen atoms in total. The zero-order valence-corrected chi connectivity index (χ0v) is 19.8. The lowest BCUT2D eigenvalue weighted by atomic mass is 10.0. The lowest BCUT2D eigenvalue weighted by Crippen LogP contribution is -2.44. The summed E-state index contributed by atoms with van der Waals surface area (Å²) in [7, 11) is -1.77. The van der Waals surface area contributed by atoms with Gasteiger partial charge in [0.1, 0.15) is 5.82 Å². The number of likely N-dealkylation sites (N-methyl/N-ethyl adjacent to an activating group) is 1. The quantitative estimate of drug-likeness (QED) is 0.570. The lowest BCUT2D eigenvalue weighted by molar-refractivity contribution is 0.0699. The van der Waals surface area contributed by atoms with Gasteiger partial charge >= 0.3 is 5.97 Å². The minimum Gasteiger partial charge on any atom is -0.478 e. The monoisotopic (exact) mass is 468 g/mol. The molecule has 3 aromatic rings. The van der Waals surface area contributed by atoms with Gasteiger partial charge < -0.3 is 14.9 Å². The van der Waals surface area contributed by atoms with Gasteiger partial charge in [0.25, 0.3) is 10.0 Å². The number of rotatable bonds is 6. The van der Waals surface area contributed by atoms with E-state index in [-0.39, 0.29) is 16.1 Å². The predicted octanol–water partition coefficient (Wildman–Crippen LogP) is 3.61. The Morgan fingerprint density at radius 1 is 1.03 bits per heavy atom. The second-order valence-corrected chi connectivity index (χ2v) is 10.4. The van der Waals surface area contributed by atoms with E-state index < -0.39 is 16.0 Å². The Hall–Kier alpha value is -3.17. The number of hydrogen-bond donors (Lipinski definition) is 2. The third-order valence-electron chi connectivity index (χ3n) is 5.96. The van der Waals surface area contributed by atoms with Crippen LogP contribution in [0.15, 0.2) is 53.4 Å². The Morgan fingerprint density at radius 3 is 2.30 bits per heavy atom. The number of fused-ring (bicyclic) bond motifs is 1. The van der Waals surface area contributed by atoms with Gasteiger partial charge in [-0.2, -0.15) is 0 Å². The molecule has 0 spiro atoms. The van der Waals surface area contributed by atoms with Gasteiger partial charge in [0.15, 0.2) is 0 Å². The molecule has 1 saturated heterocycles. The van der Waals surface area contributed by atoms with Crippen LogP contribution in [0.1, 0.15) is 35.7 Å². The van der Waals surface area contributed by atoms with Gasteiger partial charge in [-0.3, -0.25) is 4.72 Å². The van der Waals surface area contributed by atoms with Crippen molar-refractivity contribution < 1.29 is 18.3 Å². The molecule has 0 unspecified atom stereocenters. The topological polar surface area (TPSA) is 103 Å². The third kappa shape index (κ3) is 4.94. The van der Waals surface area contributed by atoms with E-state index >= 15 is 0 Å². The summed E-state index contributed by atoms with van der Waals surface area (Å²) >= 11 is 0. The molecule has 1 aromatic heterocycles. The molecule has 0 aliphatic carbocycles. The van der Waals surface area contributed by atoms with Crippen LogP contribution < -0.4 is 9.62 Å². The molecule has 1 aliphatic heterocycles. The first-order valence-corrected chi connectivity index (χ1v) is 12.4. The van der Waals surface area contributed by atoms with Gasteiger partial charge in [-0.1, -0.05) is 26.0 Å². The highest BCUT2D eigenvalue weighted by Gasteiger charge is 2.20. The number of carboxylic acids is 1. The summed E-state index contributed by atoms with van der Waals surface area (Å²) in [6.07, 6.45) is 0. The Labute approximate surface area is 193 Å². The van der Waals surface area contributed by atoms with Crippen LogP contribution in [0.2, 0.25) is 0 Å². The number of benzene rings is 2. The number of aromatic carboxylic acids is 1. The van der Waals surface area contributed by atoms with Crippen molar-refractivity contribution in [1.82, 2.24) is 9.88 Å². The Bertz CT molecular complexity index is 1280. The van der Waals surface area contributed by atoms with Crippen LogP contribution in [-0.2, 0) is 10.0 Å². The zero-order chi connectivity index (χ0) is 23.8. The molecule has 1 fully saturated rings. The van der Waals surface area contributed by atoms with Crippen LogP contribution in [0.4, 0.5) is 11.5 Å². The first kappa shape index (κ1) is 23.0. The summed E-state index contributed by atoms with van der Waals surface area (Å²) in [6, 6.07) is 13.1. The van der Waals surface area contributed by atoms with Crippen molar-refractivity contribution in [2.24, 2.45) is 0 Å². The summed E-state index contributed by atoms with van der Waals surface area (Å²) in [5.74, 6) is -0.165. The summed E-state index contributed by atoms with van der Waals surface area (Å²) in [5, 5.41) is 10.2. The number of pyridine rings is 1. The fourth-order valence-corrected chi connectivity index (χ4v) is 4.95. The standard InChI is InChI=1S/C24H28N4O4S/c1-16(2)17-4-7-19(8-5-17)33(31,32)26-18-6-9-22-20(14-18)21(24(29)30)15-23(25-22)28-12-10-27(3)11-13-28/h4-9,14-16,26H,10-13H2,1-3H3,(H,29,30). The highest BCUT2D eigenvalue weighted by atomic mass is 32.2. The van der Waals surface area contributed by atoms with Crippen LogP contribution in [0.25, 0.3) is 10.9 Å². The Morgan fingerprint density at radius 2 is 1.70 bits per heavy atom. The number of carbonyl (C=O) groups is 1.